The van der Waals surface area contributed by atoms with Crippen molar-refractivity contribution in [1.29, 1.82) is 0 Å². The summed E-state index contributed by atoms with van der Waals surface area (Å²) in [6.45, 7) is 1.98. The number of hydrogen-bond donors (Lipinski definition) is 2. The van der Waals surface area contributed by atoms with E-state index in [2.05, 4.69) is 113 Å². The summed E-state index contributed by atoms with van der Waals surface area (Å²) in [5.74, 6) is 0. The van der Waals surface area contributed by atoms with Crippen LogP contribution in [0.5, 0.6) is 0 Å². The van der Waals surface area contributed by atoms with Crippen molar-refractivity contribution in [2.75, 3.05) is 0 Å². The number of aliphatic hydroxyl groups excluding tert-OH is 1. The Labute approximate surface area is 226 Å². The molecule has 1 aliphatic rings. The van der Waals surface area contributed by atoms with Crippen LogP contribution in [-0.4, -0.2) is 16.9 Å². The summed E-state index contributed by atoms with van der Waals surface area (Å²) in [5, 5.41) is 15.7. The second kappa shape index (κ2) is 14.9. The Balaban J connectivity index is 0.000000197. The molecule has 0 aromatic heterocycles. The molecular formula is C30H33ClNOPPd. The fourth-order valence-electron chi connectivity index (χ4n) is 4.67. The number of hydrogen-bond acceptors (Lipinski definition) is 2. The first-order chi connectivity index (χ1) is 17.1. The number of fused-ring (bicyclic) bond motifs is 1. The van der Waals surface area contributed by atoms with Crippen molar-refractivity contribution in [3.8, 4) is 0 Å². The van der Waals surface area contributed by atoms with Crippen LogP contribution in [0.25, 0.3) is 10.8 Å². The Morgan fingerprint density at radius 2 is 1.40 bits per heavy atom. The molecule has 4 aromatic rings. The molecule has 0 spiro atoms. The Morgan fingerprint density at radius 3 is 1.97 bits per heavy atom. The summed E-state index contributed by atoms with van der Waals surface area (Å²) in [4.78, 5) is 0. The van der Waals surface area contributed by atoms with Crippen LogP contribution in [0.4, 0.5) is 0 Å². The number of rotatable bonds is 4. The van der Waals surface area contributed by atoms with E-state index in [9.17, 15) is 5.11 Å². The second-order valence-electron chi connectivity index (χ2n) is 8.73. The van der Waals surface area contributed by atoms with Gasteiger partial charge in [0.05, 0.1) is 6.10 Å². The van der Waals surface area contributed by atoms with E-state index in [-0.39, 0.29) is 12.1 Å². The van der Waals surface area contributed by atoms with Crippen LogP contribution in [0.3, 0.4) is 0 Å². The van der Waals surface area contributed by atoms with Crippen molar-refractivity contribution >= 4 is 38.8 Å². The second-order valence-corrected chi connectivity index (χ2v) is 11.2. The zero-order chi connectivity index (χ0) is 25.0. The molecule has 1 saturated carbocycles. The van der Waals surface area contributed by atoms with Crippen molar-refractivity contribution in [3.63, 3.8) is 0 Å². The molecule has 0 saturated heterocycles. The van der Waals surface area contributed by atoms with Gasteiger partial charge in [0.25, 0.3) is 0 Å². The summed E-state index contributed by atoms with van der Waals surface area (Å²) in [7, 11) is 4.03. The van der Waals surface area contributed by atoms with Crippen molar-refractivity contribution in [2.45, 2.75) is 50.4 Å². The number of nitrogens with two attached hydrogens (primary N) is 1. The maximum atomic E-state index is 10.5. The van der Waals surface area contributed by atoms with Gasteiger partial charge in [-0.1, -0.05) is 91.7 Å². The molecule has 0 heterocycles. The van der Waals surface area contributed by atoms with E-state index < -0.39 is 7.92 Å². The van der Waals surface area contributed by atoms with Gasteiger partial charge in [-0.3, -0.25) is 0 Å². The summed E-state index contributed by atoms with van der Waals surface area (Å²) in [6, 6.07) is 36.9. The summed E-state index contributed by atoms with van der Waals surface area (Å²) >= 11 is 2.22. The minimum absolute atomic E-state index is 0.0473. The Morgan fingerprint density at radius 1 is 0.857 bits per heavy atom. The van der Waals surface area contributed by atoms with E-state index in [1.807, 2.05) is 25.1 Å². The first-order valence-corrected chi connectivity index (χ1v) is 15.4. The quantitative estimate of drug-likeness (QED) is 0.155. The van der Waals surface area contributed by atoms with Crippen LogP contribution in [0, 0.1) is 6.07 Å². The van der Waals surface area contributed by atoms with Gasteiger partial charge in [-0.15, -0.1) is 22.4 Å². The van der Waals surface area contributed by atoms with E-state index in [0.717, 1.165) is 18.4 Å². The van der Waals surface area contributed by atoms with Gasteiger partial charge in [0, 0.05) is 11.7 Å². The first-order valence-electron chi connectivity index (χ1n) is 12.0. The van der Waals surface area contributed by atoms with Crippen LogP contribution >= 0.6 is 17.5 Å². The average molecular weight is 596 g/mol. The molecular weight excluding hydrogens is 563 g/mol. The van der Waals surface area contributed by atoms with E-state index in [1.54, 1.807) is 0 Å². The predicted molar refractivity (Wildman–Crippen MR) is 149 cm³/mol. The van der Waals surface area contributed by atoms with E-state index >= 15 is 0 Å². The van der Waals surface area contributed by atoms with Crippen LogP contribution in [0.15, 0.2) is 97.1 Å². The van der Waals surface area contributed by atoms with Gasteiger partial charge < -0.3 is 10.8 Å². The van der Waals surface area contributed by atoms with E-state index in [0.29, 0.717) is 5.66 Å². The molecule has 3 N–H and O–H groups in total. The molecule has 4 aromatic carbocycles. The molecule has 0 bridgehead atoms. The first kappa shape index (κ1) is 28.0. The molecule has 186 valence electrons. The van der Waals surface area contributed by atoms with Crippen molar-refractivity contribution < 1.29 is 23.3 Å². The number of aliphatic hydroxyl groups is 1. The molecule has 35 heavy (non-hydrogen) atoms. The molecule has 3 atom stereocenters. The van der Waals surface area contributed by atoms with Gasteiger partial charge in [-0.2, -0.15) is 18.2 Å². The van der Waals surface area contributed by atoms with Gasteiger partial charge >= 0.3 is 27.7 Å². The van der Waals surface area contributed by atoms with Crippen molar-refractivity contribution in [3.05, 3.63) is 109 Å². The molecule has 2 nitrogen and oxygen atoms in total. The van der Waals surface area contributed by atoms with Gasteiger partial charge in [0.15, 0.2) is 0 Å². The molecule has 1 aliphatic carbocycles. The average Bonchev–Trinajstić information content (AvgIpc) is 2.92. The molecule has 5 heteroatoms. The van der Waals surface area contributed by atoms with E-state index in [4.69, 9.17) is 5.73 Å². The summed E-state index contributed by atoms with van der Waals surface area (Å²) in [5.41, 5.74) is 7.35. The zero-order valence-electron chi connectivity index (χ0n) is 20.0. The van der Waals surface area contributed by atoms with Crippen molar-refractivity contribution in [2.24, 2.45) is 5.73 Å². The third kappa shape index (κ3) is 7.71. The van der Waals surface area contributed by atoms with Gasteiger partial charge in [0.1, 0.15) is 0 Å². The molecule has 0 aliphatic heterocycles. The van der Waals surface area contributed by atoms with E-state index in [1.165, 1.54) is 34.2 Å². The molecule has 5 rings (SSSR count). The Bertz CT molecular complexity index is 1100. The monoisotopic (exact) mass is 595 g/mol. The predicted octanol–water partition coefficient (Wildman–Crippen LogP) is 6.77. The van der Waals surface area contributed by atoms with Crippen LogP contribution in [0.2, 0.25) is 0 Å². The fourth-order valence-corrected chi connectivity index (χ4v) is 7.65. The maximum absolute atomic E-state index is 10.5. The van der Waals surface area contributed by atoms with Crippen LogP contribution < -0.4 is 16.3 Å². The number of benzene rings is 4. The third-order valence-electron chi connectivity index (χ3n) is 6.30. The number of halogens is 1. The topological polar surface area (TPSA) is 46.2 Å². The summed E-state index contributed by atoms with van der Waals surface area (Å²) < 4.78 is 0. The Kier molecular flexibility index (Phi) is 11.9. The minimum atomic E-state index is -0.458. The van der Waals surface area contributed by atoms with Gasteiger partial charge in [-0.25, -0.2) is 0 Å². The fraction of sp³-hybridized carbons (Fsp3) is 0.267. The summed E-state index contributed by atoms with van der Waals surface area (Å²) in [6.07, 6.45) is 4.39. The standard InChI is InChI=1S/C18H21OP.C12H12N.ClH.Pd/c19-17-13-7-8-14-18(17)20(15-9-3-1-4-10-15)16-11-5-2-6-12-16;1-9(13)11-8-4-6-10-5-2-3-7-12(10)11;;/h1-6,9-12,17-19H,7-8,13-14H2;2-7,9H,13H2,1H3;1H;/q;-1;;+2/p-1/t17-,18-;9-;;/m11../s1. The van der Waals surface area contributed by atoms with Crippen molar-refractivity contribution in [1.82, 2.24) is 0 Å². The van der Waals surface area contributed by atoms with Crippen LogP contribution in [-0.2, 0) is 18.2 Å². The Hall–Kier alpha value is -1.56. The van der Waals surface area contributed by atoms with Gasteiger partial charge in [-0.05, 0) is 38.3 Å². The molecule has 0 unspecified atom stereocenters. The normalized spacial score (nSPS) is 18.1. The van der Waals surface area contributed by atoms with Crippen LogP contribution in [0.1, 0.15) is 44.2 Å². The molecule has 0 radical (unpaired) electrons. The van der Waals surface area contributed by atoms with Gasteiger partial charge in [0.2, 0.25) is 0 Å². The third-order valence-corrected chi connectivity index (χ3v) is 9.28. The zero-order valence-corrected chi connectivity index (χ0v) is 23.2. The molecule has 0 amide bonds. The SMILES string of the molecule is C[C@@H](N)c1[c-]ccc2ccccc12.O[C@@H]1CCCC[C@H]1P(c1ccccc1)c1ccccc1.[Cl][Pd+]. The molecule has 1 fully saturated rings.